The van der Waals surface area contributed by atoms with Crippen molar-refractivity contribution >= 4 is 17.3 Å². The molecule has 0 aromatic carbocycles. The standard InChI is InChI=1S/C8H9ClN2O4/c9-4-6(12)5-10-3-1-2-7(8(10)13)11(14)15/h1-3,6,12H,4-5H2. The third-order valence-electron chi connectivity index (χ3n) is 1.78. The Hall–Kier alpha value is -1.40. The van der Waals surface area contributed by atoms with E-state index in [9.17, 15) is 20.0 Å². The second kappa shape index (κ2) is 4.90. The minimum absolute atomic E-state index is 0.0326. The number of aliphatic hydroxyl groups is 1. The summed E-state index contributed by atoms with van der Waals surface area (Å²) in [6.07, 6.45) is 0.469. The number of nitro groups is 1. The maximum Gasteiger partial charge on any atom is 0.334 e. The van der Waals surface area contributed by atoms with E-state index >= 15 is 0 Å². The number of aromatic nitrogens is 1. The van der Waals surface area contributed by atoms with Crippen molar-refractivity contribution < 1.29 is 10.0 Å². The van der Waals surface area contributed by atoms with E-state index in [0.717, 1.165) is 10.6 Å². The molecule has 6 nitrogen and oxygen atoms in total. The summed E-state index contributed by atoms with van der Waals surface area (Å²) in [5.74, 6) is -0.0326. The zero-order valence-electron chi connectivity index (χ0n) is 7.67. The highest BCUT2D eigenvalue weighted by atomic mass is 35.5. The number of nitrogens with zero attached hydrogens (tertiary/aromatic N) is 2. The summed E-state index contributed by atoms with van der Waals surface area (Å²) in [7, 11) is 0. The maximum absolute atomic E-state index is 11.4. The third kappa shape index (κ3) is 2.77. The second-order valence-corrected chi connectivity index (χ2v) is 3.22. The van der Waals surface area contributed by atoms with Crippen LogP contribution in [0.15, 0.2) is 23.1 Å². The van der Waals surface area contributed by atoms with Gasteiger partial charge in [-0.15, -0.1) is 11.6 Å². The van der Waals surface area contributed by atoms with Gasteiger partial charge in [0.05, 0.1) is 23.5 Å². The number of alkyl halides is 1. The van der Waals surface area contributed by atoms with Crippen molar-refractivity contribution in [2.75, 3.05) is 5.88 Å². The molecule has 1 rings (SSSR count). The van der Waals surface area contributed by atoms with Crippen LogP contribution in [0.3, 0.4) is 0 Å². The van der Waals surface area contributed by atoms with Crippen molar-refractivity contribution in [3.8, 4) is 0 Å². The van der Waals surface area contributed by atoms with Crippen LogP contribution in [0.5, 0.6) is 0 Å². The summed E-state index contributed by atoms with van der Waals surface area (Å²) < 4.78 is 1.06. The predicted molar refractivity (Wildman–Crippen MR) is 54.1 cm³/mol. The number of halogens is 1. The topological polar surface area (TPSA) is 85.4 Å². The third-order valence-corrected chi connectivity index (χ3v) is 2.14. The van der Waals surface area contributed by atoms with Gasteiger partial charge in [-0.2, -0.15) is 0 Å². The summed E-state index contributed by atoms with van der Waals surface area (Å²) in [5, 5.41) is 19.6. The molecule has 0 aliphatic heterocycles. The number of rotatable bonds is 4. The van der Waals surface area contributed by atoms with E-state index in [1.54, 1.807) is 0 Å². The van der Waals surface area contributed by atoms with E-state index in [4.69, 9.17) is 11.6 Å². The minimum Gasteiger partial charge on any atom is -0.390 e. The molecular weight excluding hydrogens is 224 g/mol. The number of hydrogen-bond acceptors (Lipinski definition) is 4. The monoisotopic (exact) mass is 232 g/mol. The molecular formula is C8H9ClN2O4. The zero-order valence-corrected chi connectivity index (χ0v) is 8.42. The van der Waals surface area contributed by atoms with Gasteiger partial charge in [-0.25, -0.2) is 0 Å². The average molecular weight is 233 g/mol. The number of pyridine rings is 1. The van der Waals surface area contributed by atoms with E-state index in [1.165, 1.54) is 12.3 Å². The van der Waals surface area contributed by atoms with E-state index in [0.29, 0.717) is 0 Å². The predicted octanol–water partition coefficient (Wildman–Crippen LogP) is 0.356. The molecule has 0 saturated heterocycles. The fourth-order valence-electron chi connectivity index (χ4n) is 1.08. The van der Waals surface area contributed by atoms with Crippen molar-refractivity contribution in [1.29, 1.82) is 0 Å². The molecule has 7 heteroatoms. The summed E-state index contributed by atoms with van der Waals surface area (Å²) in [4.78, 5) is 21.1. The van der Waals surface area contributed by atoms with Crippen LogP contribution in [0.4, 0.5) is 5.69 Å². The molecule has 0 fully saturated rings. The first kappa shape index (κ1) is 11.7. The molecule has 0 spiro atoms. The van der Waals surface area contributed by atoms with E-state index in [2.05, 4.69) is 0 Å². The van der Waals surface area contributed by atoms with Crippen LogP contribution in [0.1, 0.15) is 0 Å². The molecule has 15 heavy (non-hydrogen) atoms. The Morgan fingerprint density at radius 2 is 2.33 bits per heavy atom. The summed E-state index contributed by atoms with van der Waals surface area (Å²) >= 11 is 5.36. The Balaban J connectivity index is 3.05. The van der Waals surface area contributed by atoms with Gasteiger partial charge >= 0.3 is 11.2 Å². The highest BCUT2D eigenvalue weighted by molar-refractivity contribution is 6.18. The largest absolute Gasteiger partial charge is 0.390 e. The Bertz CT molecular complexity index is 417. The Labute approximate surface area is 89.9 Å². The molecule has 1 unspecified atom stereocenters. The van der Waals surface area contributed by atoms with Crippen molar-refractivity contribution in [3.63, 3.8) is 0 Å². The van der Waals surface area contributed by atoms with Crippen LogP contribution >= 0.6 is 11.6 Å². The fraction of sp³-hybridized carbons (Fsp3) is 0.375. The maximum atomic E-state index is 11.4. The van der Waals surface area contributed by atoms with Gasteiger partial charge in [-0.3, -0.25) is 14.9 Å². The van der Waals surface area contributed by atoms with Gasteiger partial charge in [0, 0.05) is 12.3 Å². The molecule has 0 saturated carbocycles. The van der Waals surface area contributed by atoms with Crippen LogP contribution in [-0.2, 0) is 6.54 Å². The number of aliphatic hydroxyl groups excluding tert-OH is 1. The van der Waals surface area contributed by atoms with E-state index in [-0.39, 0.29) is 12.4 Å². The molecule has 0 aliphatic carbocycles. The average Bonchev–Trinajstić information content (AvgIpc) is 2.20. The molecule has 82 valence electrons. The molecule has 0 amide bonds. The molecule has 1 heterocycles. The Morgan fingerprint density at radius 1 is 1.67 bits per heavy atom. The quantitative estimate of drug-likeness (QED) is 0.461. The smallest absolute Gasteiger partial charge is 0.334 e. The van der Waals surface area contributed by atoms with Gasteiger partial charge in [0.25, 0.3) is 0 Å². The first-order chi connectivity index (χ1) is 7.06. The van der Waals surface area contributed by atoms with Crippen molar-refractivity contribution in [2.45, 2.75) is 12.6 Å². The van der Waals surface area contributed by atoms with Gasteiger partial charge in [0.15, 0.2) is 0 Å². The lowest BCUT2D eigenvalue weighted by molar-refractivity contribution is -0.386. The lowest BCUT2D eigenvalue weighted by atomic mass is 10.3. The first-order valence-electron chi connectivity index (χ1n) is 4.14. The van der Waals surface area contributed by atoms with Crippen LogP contribution in [0.25, 0.3) is 0 Å². The molecule has 0 aliphatic rings. The summed E-state index contributed by atoms with van der Waals surface area (Å²) in [6.45, 7) is -0.0516. The van der Waals surface area contributed by atoms with Crippen LogP contribution in [-0.4, -0.2) is 26.6 Å². The van der Waals surface area contributed by atoms with Gasteiger partial charge < -0.3 is 9.67 Å². The van der Waals surface area contributed by atoms with E-state index in [1.807, 2.05) is 0 Å². The number of hydrogen-bond donors (Lipinski definition) is 1. The van der Waals surface area contributed by atoms with Gasteiger partial charge in [-0.1, -0.05) is 0 Å². The van der Waals surface area contributed by atoms with Gasteiger partial charge in [0.2, 0.25) is 0 Å². The van der Waals surface area contributed by atoms with Crippen molar-refractivity contribution in [2.24, 2.45) is 0 Å². The molecule has 1 atom stereocenters. The Morgan fingerprint density at radius 3 is 2.87 bits per heavy atom. The summed E-state index contributed by atoms with van der Waals surface area (Å²) in [6, 6.07) is 2.49. The highest BCUT2D eigenvalue weighted by Gasteiger charge is 2.14. The van der Waals surface area contributed by atoms with Gasteiger partial charge in [-0.05, 0) is 6.07 Å². The molecule has 0 bridgehead atoms. The van der Waals surface area contributed by atoms with E-state index < -0.39 is 22.3 Å². The minimum atomic E-state index is -0.897. The molecule has 0 radical (unpaired) electrons. The fourth-order valence-corrected chi connectivity index (χ4v) is 1.18. The second-order valence-electron chi connectivity index (χ2n) is 2.92. The molecule has 1 N–H and O–H groups in total. The lowest BCUT2D eigenvalue weighted by Gasteiger charge is -2.08. The SMILES string of the molecule is O=c1c([N+](=O)[O-])cccn1CC(O)CCl. The van der Waals surface area contributed by atoms with Crippen LogP contribution < -0.4 is 5.56 Å². The van der Waals surface area contributed by atoms with Crippen molar-refractivity contribution in [1.82, 2.24) is 4.57 Å². The van der Waals surface area contributed by atoms with Crippen LogP contribution in [0.2, 0.25) is 0 Å². The molecule has 1 aromatic rings. The van der Waals surface area contributed by atoms with Crippen molar-refractivity contribution in [3.05, 3.63) is 38.8 Å². The first-order valence-corrected chi connectivity index (χ1v) is 4.67. The Kier molecular flexibility index (Phi) is 3.81. The van der Waals surface area contributed by atoms with Crippen LogP contribution in [0, 0.1) is 10.1 Å². The summed E-state index contributed by atoms with van der Waals surface area (Å²) in [5.41, 5.74) is -1.26. The normalized spacial score (nSPS) is 12.4. The molecule has 1 aromatic heterocycles. The zero-order chi connectivity index (χ0) is 11.4. The lowest BCUT2D eigenvalue weighted by Crippen LogP contribution is -2.28. The highest BCUT2D eigenvalue weighted by Crippen LogP contribution is 2.02. The van der Waals surface area contributed by atoms with Gasteiger partial charge in [0.1, 0.15) is 0 Å².